The molecule has 3 heterocycles. The summed E-state index contributed by atoms with van der Waals surface area (Å²) in [5.74, 6) is 0.921. The first-order chi connectivity index (χ1) is 12.7. The average molecular weight is 373 g/mol. The lowest BCUT2D eigenvalue weighted by Crippen LogP contribution is -2.40. The summed E-state index contributed by atoms with van der Waals surface area (Å²) in [7, 11) is 1.72. The Morgan fingerprint density at radius 2 is 1.88 bits per heavy atom. The van der Waals surface area contributed by atoms with Crippen LogP contribution in [0.4, 0.5) is 0 Å². The molecule has 2 fully saturated rings. The van der Waals surface area contributed by atoms with Crippen LogP contribution in [0, 0.1) is 5.41 Å². The number of ether oxygens (including phenoxy) is 2. The number of nitrogens with zero attached hydrogens (tertiary/aromatic N) is 2. The number of hydrogen-bond acceptors (Lipinski definition) is 5. The predicted octanol–water partition coefficient (Wildman–Crippen LogP) is 3.48. The van der Waals surface area contributed by atoms with E-state index in [2.05, 4.69) is 51.6 Å². The Bertz CT molecular complexity index is 689. The van der Waals surface area contributed by atoms with Crippen LogP contribution in [0.5, 0.6) is 5.75 Å². The monoisotopic (exact) mass is 372 g/mol. The van der Waals surface area contributed by atoms with Crippen molar-refractivity contribution in [1.82, 2.24) is 9.80 Å². The Morgan fingerprint density at radius 1 is 1.08 bits per heavy atom. The van der Waals surface area contributed by atoms with Crippen LogP contribution in [0.25, 0.3) is 0 Å². The Morgan fingerprint density at radius 3 is 2.62 bits per heavy atom. The van der Waals surface area contributed by atoms with Crippen LogP contribution in [0.2, 0.25) is 0 Å². The van der Waals surface area contributed by atoms with Crippen molar-refractivity contribution < 1.29 is 9.47 Å². The maximum Gasteiger partial charge on any atom is 0.118 e. The van der Waals surface area contributed by atoms with Gasteiger partial charge in [-0.05, 0) is 42.1 Å². The summed E-state index contributed by atoms with van der Waals surface area (Å²) in [6.07, 6.45) is 1.23. The first kappa shape index (κ1) is 18.0. The first-order valence-corrected chi connectivity index (χ1v) is 10.3. The summed E-state index contributed by atoms with van der Waals surface area (Å²) in [6, 6.07) is 12.9. The van der Waals surface area contributed by atoms with Gasteiger partial charge >= 0.3 is 0 Å². The molecule has 0 bridgehead atoms. The highest BCUT2D eigenvalue weighted by Gasteiger charge is 2.41. The van der Waals surface area contributed by atoms with Gasteiger partial charge in [0, 0.05) is 43.0 Å². The lowest BCUT2D eigenvalue weighted by molar-refractivity contribution is 0.0707. The fourth-order valence-corrected chi connectivity index (χ4v) is 4.98. The van der Waals surface area contributed by atoms with E-state index in [0.29, 0.717) is 0 Å². The van der Waals surface area contributed by atoms with E-state index in [-0.39, 0.29) is 5.41 Å². The summed E-state index contributed by atoms with van der Waals surface area (Å²) in [4.78, 5) is 6.64. The molecule has 1 atom stereocenters. The molecule has 4 rings (SSSR count). The smallest absolute Gasteiger partial charge is 0.118 e. The molecular formula is C21H28N2O2S. The van der Waals surface area contributed by atoms with Gasteiger partial charge in [-0.2, -0.15) is 0 Å². The van der Waals surface area contributed by atoms with Gasteiger partial charge in [0.05, 0.1) is 20.3 Å². The molecule has 0 saturated carbocycles. The molecule has 140 valence electrons. The van der Waals surface area contributed by atoms with Crippen molar-refractivity contribution in [3.63, 3.8) is 0 Å². The summed E-state index contributed by atoms with van der Waals surface area (Å²) in [6.45, 7) is 8.26. The van der Waals surface area contributed by atoms with E-state index in [1.165, 1.54) is 23.4 Å². The maximum absolute atomic E-state index is 6.03. The minimum absolute atomic E-state index is 0.278. The van der Waals surface area contributed by atoms with Gasteiger partial charge in [0.1, 0.15) is 5.75 Å². The largest absolute Gasteiger partial charge is 0.497 e. The van der Waals surface area contributed by atoms with Crippen LogP contribution in [-0.4, -0.2) is 56.3 Å². The standard InChI is InChI=1S/C21H28N2O2S/c1-24-19-6-4-18(5-7-19)13-23-10-11-25-17-21(16-23)8-9-22(15-21)14-20-3-2-12-26-20/h2-7,12H,8-11,13-17H2,1H3/t21-/m0/s1. The van der Waals surface area contributed by atoms with Gasteiger partial charge in [0.2, 0.25) is 0 Å². The third-order valence-corrected chi connectivity index (χ3v) is 6.42. The van der Waals surface area contributed by atoms with Crippen LogP contribution in [0.1, 0.15) is 16.9 Å². The topological polar surface area (TPSA) is 24.9 Å². The Kier molecular flexibility index (Phi) is 5.60. The van der Waals surface area contributed by atoms with Crippen LogP contribution in [0.3, 0.4) is 0 Å². The van der Waals surface area contributed by atoms with Gasteiger partial charge in [-0.25, -0.2) is 0 Å². The van der Waals surface area contributed by atoms with Crippen molar-refractivity contribution in [1.29, 1.82) is 0 Å². The Balaban J connectivity index is 1.39. The second-order valence-corrected chi connectivity index (χ2v) is 8.68. The van der Waals surface area contributed by atoms with Gasteiger partial charge in [-0.1, -0.05) is 18.2 Å². The van der Waals surface area contributed by atoms with Crippen molar-refractivity contribution in [2.75, 3.05) is 46.5 Å². The summed E-state index contributed by atoms with van der Waals surface area (Å²) < 4.78 is 11.3. The van der Waals surface area contributed by atoms with E-state index < -0.39 is 0 Å². The van der Waals surface area contributed by atoms with Gasteiger partial charge < -0.3 is 9.47 Å². The second-order valence-electron chi connectivity index (χ2n) is 7.65. The van der Waals surface area contributed by atoms with Crippen LogP contribution in [-0.2, 0) is 17.8 Å². The number of rotatable bonds is 5. The Hall–Kier alpha value is -1.40. The van der Waals surface area contributed by atoms with Crippen LogP contribution < -0.4 is 4.74 Å². The summed E-state index contributed by atoms with van der Waals surface area (Å²) in [5, 5.41) is 2.17. The highest BCUT2D eigenvalue weighted by atomic mass is 32.1. The first-order valence-electron chi connectivity index (χ1n) is 9.42. The van der Waals surface area contributed by atoms with Crippen molar-refractivity contribution in [3.8, 4) is 5.75 Å². The van der Waals surface area contributed by atoms with E-state index in [4.69, 9.17) is 9.47 Å². The van der Waals surface area contributed by atoms with Crippen molar-refractivity contribution >= 4 is 11.3 Å². The van der Waals surface area contributed by atoms with E-state index in [1.807, 2.05) is 11.3 Å². The molecule has 2 aliphatic rings. The quantitative estimate of drug-likeness (QED) is 0.802. The third-order valence-electron chi connectivity index (χ3n) is 5.56. The lowest BCUT2D eigenvalue weighted by atomic mass is 9.87. The molecule has 0 amide bonds. The molecule has 5 heteroatoms. The number of methoxy groups -OCH3 is 1. The molecule has 0 aliphatic carbocycles. The van der Waals surface area contributed by atoms with E-state index in [1.54, 1.807) is 7.11 Å². The zero-order valence-electron chi connectivity index (χ0n) is 15.5. The number of likely N-dealkylation sites (tertiary alicyclic amines) is 1. The van der Waals surface area contributed by atoms with Crippen molar-refractivity contribution in [3.05, 3.63) is 52.2 Å². The molecule has 0 radical (unpaired) electrons. The number of hydrogen-bond donors (Lipinski definition) is 0. The van der Waals surface area contributed by atoms with Crippen LogP contribution >= 0.6 is 11.3 Å². The van der Waals surface area contributed by atoms with E-state index in [0.717, 1.165) is 51.7 Å². The molecule has 1 aromatic heterocycles. The molecule has 2 aromatic rings. The predicted molar refractivity (Wildman–Crippen MR) is 106 cm³/mol. The fourth-order valence-electron chi connectivity index (χ4n) is 4.24. The molecule has 2 saturated heterocycles. The van der Waals surface area contributed by atoms with Crippen LogP contribution in [0.15, 0.2) is 41.8 Å². The summed E-state index contributed by atoms with van der Waals surface area (Å²) >= 11 is 1.86. The van der Waals surface area contributed by atoms with Crippen molar-refractivity contribution in [2.24, 2.45) is 5.41 Å². The molecular weight excluding hydrogens is 344 g/mol. The maximum atomic E-state index is 6.03. The molecule has 1 aromatic carbocycles. The minimum Gasteiger partial charge on any atom is -0.497 e. The van der Waals surface area contributed by atoms with E-state index in [9.17, 15) is 0 Å². The molecule has 0 N–H and O–H groups in total. The molecule has 2 aliphatic heterocycles. The molecule has 4 nitrogen and oxygen atoms in total. The average Bonchev–Trinajstić information content (AvgIpc) is 3.25. The Labute approximate surface area is 160 Å². The van der Waals surface area contributed by atoms with Gasteiger partial charge in [-0.15, -0.1) is 11.3 Å². The third kappa shape index (κ3) is 4.29. The van der Waals surface area contributed by atoms with Gasteiger partial charge in [-0.3, -0.25) is 9.80 Å². The molecule has 1 spiro atoms. The number of thiophene rings is 1. The van der Waals surface area contributed by atoms with E-state index >= 15 is 0 Å². The zero-order chi connectivity index (χ0) is 17.8. The zero-order valence-corrected chi connectivity index (χ0v) is 16.3. The summed E-state index contributed by atoms with van der Waals surface area (Å²) in [5.41, 5.74) is 1.62. The SMILES string of the molecule is COc1ccc(CN2CCOC[C@]3(CCN(Cc4cccs4)C3)C2)cc1. The highest BCUT2D eigenvalue weighted by molar-refractivity contribution is 7.09. The fraction of sp³-hybridized carbons (Fsp3) is 0.524. The minimum atomic E-state index is 0.278. The van der Waals surface area contributed by atoms with Crippen molar-refractivity contribution in [2.45, 2.75) is 19.5 Å². The number of benzene rings is 1. The highest BCUT2D eigenvalue weighted by Crippen LogP contribution is 2.35. The van der Waals surface area contributed by atoms with Gasteiger partial charge in [0.25, 0.3) is 0 Å². The molecule has 0 unspecified atom stereocenters. The molecule has 26 heavy (non-hydrogen) atoms. The second kappa shape index (κ2) is 8.09. The normalized spacial score (nSPS) is 24.8. The lowest BCUT2D eigenvalue weighted by Gasteiger charge is -2.32. The van der Waals surface area contributed by atoms with Gasteiger partial charge in [0.15, 0.2) is 0 Å².